The summed E-state index contributed by atoms with van der Waals surface area (Å²) in [5, 5.41) is 0. The molecule has 33 heavy (non-hydrogen) atoms. The minimum Gasteiger partial charge on any atom is -0.353 e. The maximum atomic E-state index is 13.2. The molecule has 2 aliphatic heterocycles. The molecule has 2 aliphatic rings. The Hall–Kier alpha value is -3.49. The normalized spacial score (nSPS) is 17.5. The summed E-state index contributed by atoms with van der Waals surface area (Å²) in [6.07, 6.45) is 4.95. The van der Waals surface area contributed by atoms with Gasteiger partial charge in [0.05, 0.1) is 0 Å². The van der Waals surface area contributed by atoms with E-state index >= 15 is 0 Å². The average molecular weight is 448 g/mol. The molecular weight excluding hydrogens is 418 g/mol. The van der Waals surface area contributed by atoms with Crippen molar-refractivity contribution >= 4 is 28.7 Å². The molecule has 5 heterocycles. The molecule has 2 saturated heterocycles. The van der Waals surface area contributed by atoms with Crippen LogP contribution in [0.4, 0.5) is 11.6 Å². The predicted octanol–water partition coefficient (Wildman–Crippen LogP) is 1.77. The van der Waals surface area contributed by atoms with E-state index in [0.717, 1.165) is 50.4 Å². The lowest BCUT2D eigenvalue weighted by Gasteiger charge is -2.39. The van der Waals surface area contributed by atoms with Gasteiger partial charge in [-0.2, -0.15) is 0 Å². The lowest BCUT2D eigenvalue weighted by molar-refractivity contribution is -0.136. The third-order valence-electron chi connectivity index (χ3n) is 6.71. The second-order valence-corrected chi connectivity index (χ2v) is 8.59. The molecule has 0 aromatic carbocycles. The number of carbonyl (C=O) groups excluding carboxylic acids is 1. The van der Waals surface area contributed by atoms with Gasteiger partial charge in [-0.15, -0.1) is 0 Å². The number of aromatic nitrogens is 4. The van der Waals surface area contributed by atoms with Crippen LogP contribution in [0.1, 0.15) is 19.8 Å². The maximum Gasteiger partial charge on any atom is 0.295 e. The minimum atomic E-state index is -0.112. The second kappa shape index (κ2) is 9.17. The third kappa shape index (κ3) is 4.15. The van der Waals surface area contributed by atoms with Gasteiger partial charge in [0.15, 0.2) is 11.5 Å². The molecule has 0 spiro atoms. The number of piperidine rings is 1. The number of anilines is 2. The summed E-state index contributed by atoms with van der Waals surface area (Å²) >= 11 is 0. The van der Waals surface area contributed by atoms with Gasteiger partial charge in [0.2, 0.25) is 5.91 Å². The van der Waals surface area contributed by atoms with Crippen LogP contribution in [0.15, 0.2) is 47.5 Å². The Kier molecular flexibility index (Phi) is 5.93. The van der Waals surface area contributed by atoms with Gasteiger partial charge >= 0.3 is 0 Å². The van der Waals surface area contributed by atoms with Gasteiger partial charge in [-0.3, -0.25) is 14.2 Å². The second-order valence-electron chi connectivity index (χ2n) is 8.59. The number of hydrogen-bond donors (Lipinski definition) is 0. The highest BCUT2D eigenvalue weighted by atomic mass is 16.2. The number of amides is 1. The first-order chi connectivity index (χ1) is 16.2. The Balaban J connectivity index is 1.22. The molecule has 9 heteroatoms. The molecule has 0 unspecified atom stereocenters. The highest BCUT2D eigenvalue weighted by Crippen LogP contribution is 2.24. The molecule has 1 amide bonds. The molecule has 0 N–H and O–H groups in total. The van der Waals surface area contributed by atoms with Crippen LogP contribution in [0.3, 0.4) is 0 Å². The molecule has 3 aromatic rings. The Bertz CT molecular complexity index is 1180. The largest absolute Gasteiger partial charge is 0.353 e. The van der Waals surface area contributed by atoms with Crippen LogP contribution in [0, 0.1) is 5.92 Å². The van der Waals surface area contributed by atoms with Crippen LogP contribution in [0.2, 0.25) is 0 Å². The lowest BCUT2D eigenvalue weighted by atomic mass is 9.95. The highest BCUT2D eigenvalue weighted by Gasteiger charge is 2.32. The standard InChI is InChI=1S/C24H29N7O2/c1-2-31-21-19(6-5-11-26-21)27-22(24(31)33)29-12-8-18(9-13-29)23(32)30-16-14-28(15-17-30)20-7-3-4-10-25-20/h3-7,10-11,18H,2,8-9,12-17H2,1H3. The van der Waals surface area contributed by atoms with E-state index < -0.39 is 0 Å². The van der Waals surface area contributed by atoms with Crippen molar-refractivity contribution in [3.63, 3.8) is 0 Å². The average Bonchev–Trinajstić information content (AvgIpc) is 2.89. The van der Waals surface area contributed by atoms with E-state index in [1.54, 1.807) is 17.0 Å². The smallest absolute Gasteiger partial charge is 0.295 e. The quantitative estimate of drug-likeness (QED) is 0.602. The number of pyridine rings is 2. The molecule has 0 radical (unpaired) electrons. The maximum absolute atomic E-state index is 13.2. The molecule has 0 bridgehead atoms. The Morgan fingerprint density at radius 1 is 0.939 bits per heavy atom. The molecule has 0 saturated carbocycles. The molecule has 2 fully saturated rings. The van der Waals surface area contributed by atoms with E-state index in [0.29, 0.717) is 31.1 Å². The van der Waals surface area contributed by atoms with E-state index in [1.807, 2.05) is 47.1 Å². The summed E-state index contributed by atoms with van der Waals surface area (Å²) in [6, 6.07) is 9.64. The molecule has 9 nitrogen and oxygen atoms in total. The fourth-order valence-corrected chi connectivity index (χ4v) is 4.86. The van der Waals surface area contributed by atoms with Gasteiger partial charge in [-0.25, -0.2) is 15.0 Å². The topological polar surface area (TPSA) is 87.5 Å². The van der Waals surface area contributed by atoms with E-state index in [2.05, 4.69) is 19.9 Å². The van der Waals surface area contributed by atoms with E-state index in [-0.39, 0.29) is 17.4 Å². The zero-order chi connectivity index (χ0) is 22.8. The van der Waals surface area contributed by atoms with Crippen molar-refractivity contribution in [3.8, 4) is 0 Å². The van der Waals surface area contributed by atoms with E-state index in [4.69, 9.17) is 0 Å². The van der Waals surface area contributed by atoms with E-state index in [1.165, 1.54) is 0 Å². The molecule has 0 atom stereocenters. The summed E-state index contributed by atoms with van der Waals surface area (Å²) in [6.45, 7) is 6.83. The van der Waals surface area contributed by atoms with Crippen molar-refractivity contribution in [2.24, 2.45) is 5.92 Å². The monoisotopic (exact) mass is 447 g/mol. The zero-order valence-electron chi connectivity index (χ0n) is 18.9. The SMILES string of the molecule is CCn1c(=O)c(N2CCC(C(=O)N3CCN(c4ccccn4)CC3)CC2)nc2cccnc21. The summed E-state index contributed by atoms with van der Waals surface area (Å²) in [4.78, 5) is 45.9. The van der Waals surface area contributed by atoms with Crippen LogP contribution in [-0.4, -0.2) is 69.6 Å². The molecule has 3 aromatic heterocycles. The van der Waals surface area contributed by atoms with E-state index in [9.17, 15) is 9.59 Å². The van der Waals surface area contributed by atoms with Crippen molar-refractivity contribution < 1.29 is 4.79 Å². The van der Waals surface area contributed by atoms with Crippen LogP contribution in [0.25, 0.3) is 11.2 Å². The van der Waals surface area contributed by atoms with Crippen molar-refractivity contribution in [2.45, 2.75) is 26.3 Å². The fraction of sp³-hybridized carbons (Fsp3) is 0.458. The summed E-state index contributed by atoms with van der Waals surface area (Å²) in [5.74, 6) is 1.66. The third-order valence-corrected chi connectivity index (χ3v) is 6.71. The van der Waals surface area contributed by atoms with Gasteiger partial charge in [0, 0.05) is 64.1 Å². The van der Waals surface area contributed by atoms with Gasteiger partial charge < -0.3 is 14.7 Å². The van der Waals surface area contributed by atoms with Crippen molar-refractivity contribution in [2.75, 3.05) is 49.1 Å². The Morgan fingerprint density at radius 3 is 2.39 bits per heavy atom. The van der Waals surface area contributed by atoms with Crippen LogP contribution in [0.5, 0.6) is 0 Å². The van der Waals surface area contributed by atoms with Gasteiger partial charge in [-0.1, -0.05) is 6.07 Å². The Morgan fingerprint density at radius 2 is 1.70 bits per heavy atom. The Labute approximate surface area is 192 Å². The van der Waals surface area contributed by atoms with Gasteiger partial charge in [0.25, 0.3) is 5.56 Å². The molecule has 172 valence electrons. The highest BCUT2D eigenvalue weighted by molar-refractivity contribution is 5.79. The first-order valence-electron chi connectivity index (χ1n) is 11.7. The van der Waals surface area contributed by atoms with Crippen molar-refractivity contribution in [1.82, 2.24) is 24.4 Å². The van der Waals surface area contributed by atoms with Gasteiger partial charge in [-0.05, 0) is 44.0 Å². The fourth-order valence-electron chi connectivity index (χ4n) is 4.86. The number of rotatable bonds is 4. The summed E-state index contributed by atoms with van der Waals surface area (Å²) in [7, 11) is 0. The van der Waals surface area contributed by atoms with Crippen LogP contribution >= 0.6 is 0 Å². The van der Waals surface area contributed by atoms with Crippen molar-refractivity contribution in [1.29, 1.82) is 0 Å². The number of nitrogens with zero attached hydrogens (tertiary/aromatic N) is 7. The van der Waals surface area contributed by atoms with Crippen molar-refractivity contribution in [3.05, 3.63) is 53.1 Å². The number of aryl methyl sites for hydroxylation is 1. The zero-order valence-corrected chi connectivity index (χ0v) is 18.9. The predicted molar refractivity (Wildman–Crippen MR) is 127 cm³/mol. The first-order valence-corrected chi connectivity index (χ1v) is 11.7. The number of hydrogen-bond acceptors (Lipinski definition) is 7. The number of carbonyl (C=O) groups is 1. The van der Waals surface area contributed by atoms with Gasteiger partial charge in [0.1, 0.15) is 11.3 Å². The molecular formula is C24H29N7O2. The summed E-state index contributed by atoms with van der Waals surface area (Å²) < 4.78 is 1.68. The summed E-state index contributed by atoms with van der Waals surface area (Å²) in [5.41, 5.74) is 1.22. The molecule has 0 aliphatic carbocycles. The first kappa shape index (κ1) is 21.4. The lowest BCUT2D eigenvalue weighted by Crippen LogP contribution is -2.52. The minimum absolute atomic E-state index is 0.00169. The molecule has 5 rings (SSSR count). The number of piperazine rings is 1. The van der Waals surface area contributed by atoms with Crippen LogP contribution < -0.4 is 15.4 Å². The number of fused-ring (bicyclic) bond motifs is 1. The van der Waals surface area contributed by atoms with Crippen LogP contribution in [-0.2, 0) is 11.3 Å².